The lowest BCUT2D eigenvalue weighted by atomic mass is 10.1. The average Bonchev–Trinajstić information content (AvgIpc) is 3.53. The third-order valence-corrected chi connectivity index (χ3v) is 9.10. The molecule has 2 aliphatic rings. The van der Waals surface area contributed by atoms with E-state index >= 15 is 0 Å². The van der Waals surface area contributed by atoms with Crippen LogP contribution in [0.1, 0.15) is 24.3 Å². The quantitative estimate of drug-likeness (QED) is 0.142. The fourth-order valence-electron chi connectivity index (χ4n) is 4.56. The fraction of sp³-hybridized carbons (Fsp3) is 0.348. The van der Waals surface area contributed by atoms with Crippen LogP contribution >= 0.6 is 27.2 Å². The molecule has 5 rings (SSSR count). The zero-order valence-corrected chi connectivity index (χ0v) is 24.3. The minimum absolute atomic E-state index is 0.0319. The molecule has 4 heterocycles. The zero-order chi connectivity index (χ0) is 31.1. The molecular weight excluding hydrogens is 641 g/mol. The molecule has 1 unspecified atom stereocenters. The Labute approximate surface area is 247 Å². The molecule has 3 aromatic rings. The van der Waals surface area contributed by atoms with E-state index in [2.05, 4.69) is 19.0 Å². The molecule has 2 saturated heterocycles. The van der Waals surface area contributed by atoms with Gasteiger partial charge in [0, 0.05) is 36.7 Å². The molecule has 6 atom stereocenters. The molecule has 0 saturated carbocycles. The van der Waals surface area contributed by atoms with E-state index in [-0.39, 0.29) is 11.6 Å². The molecule has 6 N–H and O–H groups in total. The average molecular weight is 666 g/mol. The SMILES string of the molecule is O=C1O[C@@H](c2ccc(Cl)c(F)c2)CCN1c1cc(-c2cc[n+]([C@@H]3O[C@H](COP(=O)(O)OP(=O)(O)O)[C@@H](O)[C@H]3O)cc2)[nH]n1. The number of carbonyl (C=O) groups is 1. The van der Waals surface area contributed by atoms with E-state index in [4.69, 9.17) is 30.9 Å². The van der Waals surface area contributed by atoms with Crippen molar-refractivity contribution < 1.29 is 66.1 Å². The van der Waals surface area contributed by atoms with E-state index in [1.165, 1.54) is 34.0 Å². The summed E-state index contributed by atoms with van der Waals surface area (Å²) < 4.78 is 56.9. The number of aliphatic hydroxyl groups is 2. The summed E-state index contributed by atoms with van der Waals surface area (Å²) in [4.78, 5) is 40.8. The number of H-pyrrole nitrogens is 1. The molecule has 232 valence electrons. The molecule has 1 aromatic carbocycles. The normalized spacial score (nSPS) is 25.9. The standard InChI is InChI=1S/C23H24ClFN4O12P2/c24-14-2-1-13(9-15(14)25)17-5-8-29(23(32)40-17)19-10-16(26-27-19)12-3-6-28(7-4-12)22-21(31)20(30)18(39-22)11-38-43(36,37)41-42(33,34)35/h1-4,6-7,9-10,17-18,20-22,30-31H,5,8,11H2,(H3,33,34,35,36,37)/p+1/t17-,18-,20-,21-,22-/m1/s1. The highest BCUT2D eigenvalue weighted by Crippen LogP contribution is 2.57. The van der Waals surface area contributed by atoms with Gasteiger partial charge in [0.25, 0.3) is 6.23 Å². The Kier molecular flexibility index (Phi) is 9.05. The fourth-order valence-corrected chi connectivity index (χ4v) is 6.28. The summed E-state index contributed by atoms with van der Waals surface area (Å²) in [5.74, 6) is -0.316. The zero-order valence-electron chi connectivity index (χ0n) is 21.7. The van der Waals surface area contributed by atoms with Crippen LogP contribution in [-0.4, -0.2) is 72.6 Å². The first-order valence-corrected chi connectivity index (χ1v) is 15.9. The molecule has 0 aliphatic carbocycles. The number of benzene rings is 1. The van der Waals surface area contributed by atoms with Crippen LogP contribution in [0.4, 0.5) is 15.0 Å². The lowest BCUT2D eigenvalue weighted by molar-refractivity contribution is -0.765. The van der Waals surface area contributed by atoms with Gasteiger partial charge in [0.2, 0.25) is 0 Å². The smallest absolute Gasteiger partial charge is 0.441 e. The number of nitrogens with zero attached hydrogens (tertiary/aromatic N) is 3. The molecule has 1 amide bonds. The number of aromatic nitrogens is 3. The maximum atomic E-state index is 13.8. The van der Waals surface area contributed by atoms with Crippen molar-refractivity contribution in [1.82, 2.24) is 10.2 Å². The molecule has 2 aromatic heterocycles. The van der Waals surface area contributed by atoms with Crippen LogP contribution in [0.3, 0.4) is 0 Å². The number of hydrogen-bond donors (Lipinski definition) is 6. The van der Waals surface area contributed by atoms with Crippen LogP contribution in [0.15, 0.2) is 48.8 Å². The lowest BCUT2D eigenvalue weighted by Gasteiger charge is -2.30. The number of amides is 1. The molecule has 2 aliphatic heterocycles. The van der Waals surface area contributed by atoms with Gasteiger partial charge in [0.05, 0.1) is 17.3 Å². The molecular formula is C23H25ClFN4O12P2+. The summed E-state index contributed by atoms with van der Waals surface area (Å²) >= 11 is 5.73. The number of nitrogens with one attached hydrogen (secondary N) is 1. The van der Waals surface area contributed by atoms with E-state index in [1.54, 1.807) is 24.3 Å². The Bertz CT molecular complexity index is 1590. The molecule has 20 heteroatoms. The predicted molar refractivity (Wildman–Crippen MR) is 142 cm³/mol. The summed E-state index contributed by atoms with van der Waals surface area (Å²) in [6.45, 7) is -0.567. The number of rotatable bonds is 9. The van der Waals surface area contributed by atoms with Crippen molar-refractivity contribution in [2.75, 3.05) is 18.1 Å². The largest absolute Gasteiger partial charge is 0.481 e. The van der Waals surface area contributed by atoms with Gasteiger partial charge in [0.15, 0.2) is 24.3 Å². The van der Waals surface area contributed by atoms with E-state index in [0.29, 0.717) is 29.1 Å². The Morgan fingerprint density at radius 1 is 1.14 bits per heavy atom. The van der Waals surface area contributed by atoms with Gasteiger partial charge in [0.1, 0.15) is 24.1 Å². The number of aromatic amines is 1. The molecule has 0 radical (unpaired) electrons. The monoisotopic (exact) mass is 665 g/mol. The van der Waals surface area contributed by atoms with Gasteiger partial charge in [-0.25, -0.2) is 18.3 Å². The van der Waals surface area contributed by atoms with Crippen molar-refractivity contribution >= 4 is 39.2 Å². The van der Waals surface area contributed by atoms with E-state index < -0.39 is 64.8 Å². The maximum absolute atomic E-state index is 13.8. The number of phosphoric acid groups is 2. The summed E-state index contributed by atoms with van der Waals surface area (Å²) in [6, 6.07) is 9.09. The number of halogens is 2. The first kappa shape index (κ1) is 31.6. The topological polar surface area (TPSA) is 225 Å². The van der Waals surface area contributed by atoms with Gasteiger partial charge in [-0.1, -0.05) is 17.7 Å². The van der Waals surface area contributed by atoms with Crippen LogP contribution in [0.25, 0.3) is 11.3 Å². The van der Waals surface area contributed by atoms with Gasteiger partial charge in [-0.05, 0) is 17.7 Å². The number of aliphatic hydroxyl groups excluding tert-OH is 2. The Hall–Kier alpha value is -2.79. The molecule has 16 nitrogen and oxygen atoms in total. The highest BCUT2D eigenvalue weighted by molar-refractivity contribution is 7.60. The van der Waals surface area contributed by atoms with Gasteiger partial charge in [-0.15, -0.1) is 0 Å². The van der Waals surface area contributed by atoms with Crippen molar-refractivity contribution in [3.8, 4) is 11.3 Å². The second kappa shape index (κ2) is 12.3. The number of ether oxygens (including phenoxy) is 2. The summed E-state index contributed by atoms with van der Waals surface area (Å²) in [6.07, 6.45) is -3.46. The maximum Gasteiger partial charge on any atom is 0.481 e. The Morgan fingerprint density at radius 3 is 2.51 bits per heavy atom. The highest BCUT2D eigenvalue weighted by atomic mass is 35.5. The van der Waals surface area contributed by atoms with Crippen LogP contribution in [0.2, 0.25) is 5.02 Å². The third kappa shape index (κ3) is 7.30. The van der Waals surface area contributed by atoms with Crippen molar-refractivity contribution in [3.63, 3.8) is 0 Å². The predicted octanol–water partition coefficient (Wildman–Crippen LogP) is 2.09. The van der Waals surface area contributed by atoms with Crippen LogP contribution < -0.4 is 9.47 Å². The van der Waals surface area contributed by atoms with E-state index in [0.717, 1.165) is 0 Å². The van der Waals surface area contributed by atoms with E-state index in [9.17, 15) is 33.4 Å². The number of cyclic esters (lactones) is 1. The first-order valence-electron chi connectivity index (χ1n) is 12.5. The third-order valence-electron chi connectivity index (χ3n) is 6.64. The van der Waals surface area contributed by atoms with Crippen molar-refractivity contribution in [2.45, 2.75) is 37.1 Å². The van der Waals surface area contributed by atoms with Gasteiger partial charge in [-0.3, -0.25) is 14.5 Å². The molecule has 43 heavy (non-hydrogen) atoms. The number of phosphoric ester groups is 1. The number of carbonyl (C=O) groups excluding carboxylic acids is 1. The van der Waals surface area contributed by atoms with Crippen molar-refractivity contribution in [2.24, 2.45) is 0 Å². The van der Waals surface area contributed by atoms with Crippen LogP contribution in [0, 0.1) is 5.82 Å². The van der Waals surface area contributed by atoms with Gasteiger partial charge in [-0.2, -0.15) is 14.0 Å². The second-order valence-electron chi connectivity index (χ2n) is 9.54. The first-order chi connectivity index (χ1) is 20.2. The van der Waals surface area contributed by atoms with Crippen molar-refractivity contribution in [1.29, 1.82) is 0 Å². The summed E-state index contributed by atoms with van der Waals surface area (Å²) in [5, 5.41) is 27.7. The number of anilines is 1. The summed E-state index contributed by atoms with van der Waals surface area (Å²) in [7, 11) is -10.5. The van der Waals surface area contributed by atoms with Crippen LogP contribution in [0.5, 0.6) is 0 Å². The summed E-state index contributed by atoms with van der Waals surface area (Å²) in [5.41, 5.74) is 1.64. The number of hydrogen-bond acceptors (Lipinski definition) is 10. The number of pyridine rings is 1. The minimum Gasteiger partial charge on any atom is -0.441 e. The van der Waals surface area contributed by atoms with Crippen LogP contribution in [-0.2, 0) is 27.4 Å². The Morgan fingerprint density at radius 2 is 1.86 bits per heavy atom. The second-order valence-corrected chi connectivity index (χ2v) is 12.8. The van der Waals surface area contributed by atoms with E-state index in [1.807, 2.05) is 0 Å². The van der Waals surface area contributed by atoms with Gasteiger partial charge < -0.3 is 34.4 Å². The van der Waals surface area contributed by atoms with Gasteiger partial charge >= 0.3 is 21.7 Å². The highest BCUT2D eigenvalue weighted by Gasteiger charge is 2.49. The molecule has 0 bridgehead atoms. The molecule has 2 fully saturated rings. The Balaban J connectivity index is 1.20. The minimum atomic E-state index is -5.34. The lowest BCUT2D eigenvalue weighted by Crippen LogP contribution is -2.45. The van der Waals surface area contributed by atoms with Crippen molar-refractivity contribution in [3.05, 3.63) is 65.2 Å². The molecule has 0 spiro atoms.